The Hall–Kier alpha value is -0.500. The van der Waals surface area contributed by atoms with Gasteiger partial charge in [0.1, 0.15) is 5.75 Å². The van der Waals surface area contributed by atoms with Crippen molar-refractivity contribution in [2.24, 2.45) is 0 Å². The van der Waals surface area contributed by atoms with Gasteiger partial charge in [0.05, 0.1) is 7.11 Å². The second-order valence-corrected chi connectivity index (χ2v) is 7.97. The van der Waals surface area contributed by atoms with E-state index in [-0.39, 0.29) is 6.04 Å². The van der Waals surface area contributed by atoms with Crippen LogP contribution in [0.2, 0.25) is 0 Å². The highest BCUT2D eigenvalue weighted by Crippen LogP contribution is 2.31. The Morgan fingerprint density at radius 3 is 2.48 bits per heavy atom. The third kappa shape index (κ3) is 4.74. The summed E-state index contributed by atoms with van der Waals surface area (Å²) in [5, 5.41) is 9.47. The van der Waals surface area contributed by atoms with E-state index in [1.807, 2.05) is 39.8 Å². The number of methoxy groups -OCH3 is 1. The SMILES string of the molecule is COc1cc(Br)c(I)cc1CC(C)N(C(=O)O)C(C)(C)C. The summed E-state index contributed by atoms with van der Waals surface area (Å²) in [4.78, 5) is 13.0. The third-order valence-corrected chi connectivity index (χ3v) is 5.50. The quantitative estimate of drug-likeness (QED) is 0.646. The third-order valence-electron chi connectivity index (χ3n) is 3.21. The highest BCUT2D eigenvalue weighted by Gasteiger charge is 2.31. The number of benzene rings is 1. The van der Waals surface area contributed by atoms with Crippen LogP contribution < -0.4 is 4.74 Å². The second kappa shape index (κ2) is 7.17. The fourth-order valence-corrected chi connectivity index (χ4v) is 3.32. The van der Waals surface area contributed by atoms with Crippen molar-refractivity contribution >= 4 is 44.6 Å². The van der Waals surface area contributed by atoms with Gasteiger partial charge in [-0.15, -0.1) is 0 Å². The average Bonchev–Trinajstić information content (AvgIpc) is 2.30. The largest absolute Gasteiger partial charge is 0.496 e. The van der Waals surface area contributed by atoms with Crippen LogP contribution in [0, 0.1) is 3.57 Å². The lowest BCUT2D eigenvalue weighted by atomic mass is 9.99. The monoisotopic (exact) mass is 469 g/mol. The molecular formula is C15H21BrINO3. The number of hydrogen-bond acceptors (Lipinski definition) is 2. The Bertz CT molecular complexity index is 528. The molecule has 1 aromatic carbocycles. The van der Waals surface area contributed by atoms with E-state index in [0.717, 1.165) is 19.4 Å². The van der Waals surface area contributed by atoms with Crippen molar-refractivity contribution in [3.63, 3.8) is 0 Å². The first-order chi connectivity index (χ1) is 9.57. The number of halogens is 2. The molecule has 1 amide bonds. The first kappa shape index (κ1) is 18.5. The maximum atomic E-state index is 11.5. The van der Waals surface area contributed by atoms with Gasteiger partial charge in [-0.1, -0.05) is 0 Å². The number of carboxylic acid groups (broad SMARTS) is 1. The number of hydrogen-bond donors (Lipinski definition) is 1. The van der Waals surface area contributed by atoms with Crippen molar-refractivity contribution in [2.75, 3.05) is 7.11 Å². The summed E-state index contributed by atoms with van der Waals surface area (Å²) in [6.45, 7) is 7.63. The fourth-order valence-electron chi connectivity index (χ4n) is 2.47. The highest BCUT2D eigenvalue weighted by molar-refractivity contribution is 14.1. The summed E-state index contributed by atoms with van der Waals surface area (Å²) in [5.74, 6) is 0.772. The van der Waals surface area contributed by atoms with E-state index in [0.29, 0.717) is 6.42 Å². The first-order valence-electron chi connectivity index (χ1n) is 6.62. The molecular weight excluding hydrogens is 449 g/mol. The molecule has 0 aliphatic carbocycles. The molecule has 1 atom stereocenters. The van der Waals surface area contributed by atoms with E-state index in [1.54, 1.807) is 7.11 Å². The number of amides is 1. The lowest BCUT2D eigenvalue weighted by Gasteiger charge is -2.38. The predicted molar refractivity (Wildman–Crippen MR) is 96.2 cm³/mol. The van der Waals surface area contributed by atoms with Gasteiger partial charge in [-0.25, -0.2) is 4.79 Å². The Morgan fingerprint density at radius 2 is 2.05 bits per heavy atom. The predicted octanol–water partition coefficient (Wildman–Crippen LogP) is 4.77. The fraction of sp³-hybridized carbons (Fsp3) is 0.533. The molecule has 1 unspecified atom stereocenters. The summed E-state index contributed by atoms with van der Waals surface area (Å²) in [7, 11) is 1.63. The van der Waals surface area contributed by atoms with Crippen LogP contribution in [0.4, 0.5) is 4.79 Å². The number of ether oxygens (including phenoxy) is 1. The molecule has 0 saturated carbocycles. The molecule has 0 aliphatic heterocycles. The molecule has 0 fully saturated rings. The molecule has 0 bridgehead atoms. The minimum absolute atomic E-state index is 0.145. The van der Waals surface area contributed by atoms with Crippen LogP contribution in [0.3, 0.4) is 0 Å². The molecule has 1 rings (SSSR count). The first-order valence-corrected chi connectivity index (χ1v) is 8.49. The van der Waals surface area contributed by atoms with Gasteiger partial charge in [0.2, 0.25) is 0 Å². The smallest absolute Gasteiger partial charge is 0.407 e. The molecule has 0 aliphatic rings. The zero-order chi connectivity index (χ0) is 16.4. The number of carbonyl (C=O) groups is 1. The topological polar surface area (TPSA) is 49.8 Å². The molecule has 0 radical (unpaired) electrons. The van der Waals surface area contributed by atoms with E-state index >= 15 is 0 Å². The molecule has 1 aromatic rings. The van der Waals surface area contributed by atoms with Crippen LogP contribution in [-0.2, 0) is 6.42 Å². The van der Waals surface area contributed by atoms with Crippen LogP contribution >= 0.6 is 38.5 Å². The van der Waals surface area contributed by atoms with Gasteiger partial charge < -0.3 is 14.7 Å². The molecule has 6 heteroatoms. The summed E-state index contributed by atoms with van der Waals surface area (Å²) < 4.78 is 7.46. The maximum Gasteiger partial charge on any atom is 0.407 e. The molecule has 0 spiro atoms. The van der Waals surface area contributed by atoms with Gasteiger partial charge in [0, 0.05) is 19.6 Å². The molecule has 0 aromatic heterocycles. The molecule has 118 valence electrons. The van der Waals surface area contributed by atoms with Crippen LogP contribution in [-0.4, -0.2) is 34.8 Å². The Kier molecular flexibility index (Phi) is 6.34. The standard InChI is InChI=1S/C15H21BrINO3/c1-9(18(14(19)20)15(2,3)4)6-10-7-12(17)11(16)8-13(10)21-5/h7-9H,6H2,1-5H3,(H,19,20). The van der Waals surface area contributed by atoms with E-state index < -0.39 is 11.6 Å². The number of nitrogens with zero attached hydrogens (tertiary/aromatic N) is 1. The zero-order valence-electron chi connectivity index (χ0n) is 12.9. The van der Waals surface area contributed by atoms with E-state index in [2.05, 4.69) is 38.5 Å². The van der Waals surface area contributed by atoms with Gasteiger partial charge >= 0.3 is 6.09 Å². The summed E-state index contributed by atoms with van der Waals surface area (Å²) in [6, 6.07) is 3.81. The molecule has 21 heavy (non-hydrogen) atoms. The van der Waals surface area contributed by atoms with Gasteiger partial charge in [0.25, 0.3) is 0 Å². The minimum Gasteiger partial charge on any atom is -0.496 e. The Labute approximate surface area is 148 Å². The number of rotatable bonds is 4. The van der Waals surface area contributed by atoms with Gasteiger partial charge in [-0.3, -0.25) is 0 Å². The normalized spacial score (nSPS) is 12.9. The van der Waals surface area contributed by atoms with Crippen molar-refractivity contribution in [3.8, 4) is 5.75 Å². The van der Waals surface area contributed by atoms with E-state index in [4.69, 9.17) is 4.74 Å². The van der Waals surface area contributed by atoms with Crippen LogP contribution in [0.1, 0.15) is 33.3 Å². The van der Waals surface area contributed by atoms with Crippen LogP contribution in [0.15, 0.2) is 16.6 Å². The second-order valence-electron chi connectivity index (χ2n) is 5.95. The van der Waals surface area contributed by atoms with E-state index in [1.165, 1.54) is 4.90 Å². The van der Waals surface area contributed by atoms with Gasteiger partial charge in [-0.05, 0) is 90.3 Å². The van der Waals surface area contributed by atoms with Crippen molar-refractivity contribution in [1.82, 2.24) is 4.90 Å². The lowest BCUT2D eigenvalue weighted by Crippen LogP contribution is -2.50. The van der Waals surface area contributed by atoms with Crippen molar-refractivity contribution in [1.29, 1.82) is 0 Å². The molecule has 0 saturated heterocycles. The lowest BCUT2D eigenvalue weighted by molar-refractivity contribution is 0.0754. The summed E-state index contributed by atoms with van der Waals surface area (Å²) in [5.41, 5.74) is 0.564. The summed E-state index contributed by atoms with van der Waals surface area (Å²) >= 11 is 5.72. The minimum atomic E-state index is -0.902. The average molecular weight is 470 g/mol. The van der Waals surface area contributed by atoms with Crippen LogP contribution in [0.5, 0.6) is 5.75 Å². The Morgan fingerprint density at radius 1 is 1.48 bits per heavy atom. The van der Waals surface area contributed by atoms with Gasteiger partial charge in [-0.2, -0.15) is 0 Å². The van der Waals surface area contributed by atoms with Crippen LogP contribution in [0.25, 0.3) is 0 Å². The highest BCUT2D eigenvalue weighted by atomic mass is 127. The van der Waals surface area contributed by atoms with E-state index in [9.17, 15) is 9.90 Å². The van der Waals surface area contributed by atoms with Gasteiger partial charge in [0.15, 0.2) is 0 Å². The van der Waals surface area contributed by atoms with Crippen molar-refractivity contribution in [2.45, 2.75) is 45.7 Å². The molecule has 1 N–H and O–H groups in total. The van der Waals surface area contributed by atoms with Crippen molar-refractivity contribution in [3.05, 3.63) is 25.7 Å². The molecule has 4 nitrogen and oxygen atoms in total. The zero-order valence-corrected chi connectivity index (χ0v) is 16.6. The Balaban J connectivity index is 3.09. The maximum absolute atomic E-state index is 11.5. The summed E-state index contributed by atoms with van der Waals surface area (Å²) in [6.07, 6.45) is -0.295. The van der Waals surface area contributed by atoms with Crippen molar-refractivity contribution < 1.29 is 14.6 Å². The molecule has 0 heterocycles.